The Morgan fingerprint density at radius 2 is 2.16 bits per heavy atom. The van der Waals surface area contributed by atoms with E-state index in [1.165, 1.54) is 23.5 Å². The van der Waals surface area contributed by atoms with Crippen molar-refractivity contribution in [1.29, 1.82) is 0 Å². The number of hydrogen-bond donors (Lipinski definition) is 0. The number of sulfonamides is 1. The molecule has 0 bridgehead atoms. The van der Waals surface area contributed by atoms with Crippen LogP contribution in [0.4, 0.5) is 0 Å². The molecule has 0 amide bonds. The summed E-state index contributed by atoms with van der Waals surface area (Å²) in [5.74, 6) is 0.677. The van der Waals surface area contributed by atoms with E-state index in [0.29, 0.717) is 36.7 Å². The summed E-state index contributed by atoms with van der Waals surface area (Å²) < 4.78 is 27.0. The normalized spacial score (nSPS) is 18.3. The van der Waals surface area contributed by atoms with Crippen LogP contribution in [0.2, 0.25) is 0 Å². The maximum atomic E-state index is 12.7. The summed E-state index contributed by atoms with van der Waals surface area (Å²) in [4.78, 5) is 21.7. The van der Waals surface area contributed by atoms with Crippen LogP contribution in [0.15, 0.2) is 16.5 Å². The smallest absolute Gasteiger partial charge is 0.257 e. The molecule has 0 radical (unpaired) electrons. The van der Waals surface area contributed by atoms with Gasteiger partial charge < -0.3 is 0 Å². The second kappa shape index (κ2) is 6.30. The molecule has 0 saturated heterocycles. The molecule has 9 heteroatoms. The Kier molecular flexibility index (Phi) is 4.25. The predicted octanol–water partition coefficient (Wildman–Crippen LogP) is 1.33. The van der Waals surface area contributed by atoms with E-state index in [2.05, 4.69) is 9.97 Å². The van der Waals surface area contributed by atoms with Gasteiger partial charge in [0.2, 0.25) is 10.0 Å². The Labute approximate surface area is 150 Å². The largest absolute Gasteiger partial charge is 0.293 e. The maximum Gasteiger partial charge on any atom is 0.257 e. The van der Waals surface area contributed by atoms with Gasteiger partial charge in [-0.15, -0.1) is 11.3 Å². The van der Waals surface area contributed by atoms with E-state index in [4.69, 9.17) is 0 Å². The third kappa shape index (κ3) is 3.28. The van der Waals surface area contributed by atoms with Gasteiger partial charge in [0.25, 0.3) is 5.56 Å². The first-order valence-electron chi connectivity index (χ1n) is 8.47. The van der Waals surface area contributed by atoms with Crippen molar-refractivity contribution < 1.29 is 8.42 Å². The fourth-order valence-corrected chi connectivity index (χ4v) is 5.09. The molecule has 1 aliphatic carbocycles. The highest BCUT2D eigenvalue weighted by Gasteiger charge is 2.29. The van der Waals surface area contributed by atoms with Crippen LogP contribution in [0.5, 0.6) is 0 Å². The third-order valence-corrected chi connectivity index (χ3v) is 7.63. The van der Waals surface area contributed by atoms with Gasteiger partial charge >= 0.3 is 0 Å². The molecule has 1 saturated carbocycles. The van der Waals surface area contributed by atoms with Gasteiger partial charge in [-0.2, -0.15) is 4.31 Å². The second-order valence-electron chi connectivity index (χ2n) is 6.54. The van der Waals surface area contributed by atoms with Crippen molar-refractivity contribution >= 4 is 21.4 Å². The lowest BCUT2D eigenvalue weighted by Crippen LogP contribution is -2.41. The Morgan fingerprint density at radius 3 is 2.88 bits per heavy atom. The second-order valence-corrected chi connectivity index (χ2v) is 9.69. The van der Waals surface area contributed by atoms with E-state index in [-0.39, 0.29) is 17.9 Å². The van der Waals surface area contributed by atoms with Crippen molar-refractivity contribution in [2.45, 2.75) is 45.2 Å². The van der Waals surface area contributed by atoms with Gasteiger partial charge in [-0.1, -0.05) is 0 Å². The van der Waals surface area contributed by atoms with Gasteiger partial charge in [0.05, 0.1) is 41.6 Å². The lowest BCUT2D eigenvalue weighted by Gasteiger charge is -2.26. The third-order valence-electron chi connectivity index (χ3n) is 4.74. The molecule has 134 valence electrons. The molecule has 0 spiro atoms. The summed E-state index contributed by atoms with van der Waals surface area (Å²) in [6.07, 6.45) is 4.35. The monoisotopic (exact) mass is 380 g/mol. The zero-order valence-electron chi connectivity index (χ0n) is 14.0. The van der Waals surface area contributed by atoms with Crippen LogP contribution in [-0.4, -0.2) is 39.6 Å². The molecule has 1 fully saturated rings. The van der Waals surface area contributed by atoms with E-state index in [1.54, 1.807) is 22.8 Å². The van der Waals surface area contributed by atoms with E-state index in [9.17, 15) is 13.2 Å². The van der Waals surface area contributed by atoms with Gasteiger partial charge in [0.1, 0.15) is 0 Å². The van der Waals surface area contributed by atoms with Crippen molar-refractivity contribution in [2.75, 3.05) is 12.3 Å². The topological polar surface area (TPSA) is 85.2 Å². The fraction of sp³-hybridized carbons (Fsp3) is 0.562. The van der Waals surface area contributed by atoms with Crippen molar-refractivity contribution in [2.24, 2.45) is 0 Å². The standard InChI is InChI=1S/C16H20N4O3S2/c1-2-25(22,23)20-6-5-13-14(8-20)17-10-19(16(13)21)7-12-9-24-15(18-12)11-3-4-11/h9-11H,2-8H2,1H3. The Hall–Kier alpha value is -1.58. The SMILES string of the molecule is CCS(=O)(=O)N1CCc2c(ncn(Cc3csc(C4CC4)n3)c2=O)C1. The summed E-state index contributed by atoms with van der Waals surface area (Å²) in [5, 5.41) is 3.17. The molecule has 0 atom stereocenters. The molecule has 2 aliphatic rings. The number of fused-ring (bicyclic) bond motifs is 1. The highest BCUT2D eigenvalue weighted by atomic mass is 32.2. The lowest BCUT2D eigenvalue weighted by molar-refractivity contribution is 0.382. The van der Waals surface area contributed by atoms with Crippen LogP contribution in [0.1, 0.15) is 47.6 Å². The average molecular weight is 380 g/mol. The lowest BCUT2D eigenvalue weighted by atomic mass is 10.1. The molecular formula is C16H20N4O3S2. The molecule has 1 aliphatic heterocycles. The predicted molar refractivity (Wildman–Crippen MR) is 95.3 cm³/mol. The zero-order valence-corrected chi connectivity index (χ0v) is 15.6. The molecule has 2 aromatic rings. The maximum absolute atomic E-state index is 12.7. The van der Waals surface area contributed by atoms with Gasteiger partial charge in [-0.25, -0.2) is 18.4 Å². The summed E-state index contributed by atoms with van der Waals surface area (Å²) >= 11 is 1.66. The number of nitrogens with zero attached hydrogens (tertiary/aromatic N) is 4. The van der Waals surface area contributed by atoms with Crippen molar-refractivity contribution in [3.63, 3.8) is 0 Å². The molecular weight excluding hydrogens is 360 g/mol. The van der Waals surface area contributed by atoms with Crippen LogP contribution < -0.4 is 5.56 Å². The average Bonchev–Trinajstić information content (AvgIpc) is 3.36. The summed E-state index contributed by atoms with van der Waals surface area (Å²) in [6, 6.07) is 0. The van der Waals surface area contributed by atoms with Gasteiger partial charge in [-0.3, -0.25) is 9.36 Å². The summed E-state index contributed by atoms with van der Waals surface area (Å²) in [5.41, 5.74) is 2.01. The molecule has 0 aromatic carbocycles. The van der Waals surface area contributed by atoms with E-state index in [0.717, 1.165) is 10.7 Å². The number of rotatable bonds is 5. The van der Waals surface area contributed by atoms with Crippen LogP contribution >= 0.6 is 11.3 Å². The molecule has 3 heterocycles. The first-order valence-corrected chi connectivity index (χ1v) is 11.0. The van der Waals surface area contributed by atoms with Crippen LogP contribution in [-0.2, 0) is 29.5 Å². The summed E-state index contributed by atoms with van der Waals surface area (Å²) in [7, 11) is -3.26. The zero-order chi connectivity index (χ0) is 17.6. The first kappa shape index (κ1) is 16.9. The van der Waals surface area contributed by atoms with Gasteiger partial charge in [-0.05, 0) is 26.2 Å². The molecule has 7 nitrogen and oxygen atoms in total. The quantitative estimate of drug-likeness (QED) is 0.781. The van der Waals surface area contributed by atoms with Gasteiger partial charge in [0.15, 0.2) is 0 Å². The van der Waals surface area contributed by atoms with E-state index in [1.807, 2.05) is 5.38 Å². The van der Waals surface area contributed by atoms with Crippen molar-refractivity contribution in [1.82, 2.24) is 18.8 Å². The Bertz CT molecular complexity index is 960. The molecule has 4 rings (SSSR count). The van der Waals surface area contributed by atoms with E-state index >= 15 is 0 Å². The molecule has 25 heavy (non-hydrogen) atoms. The van der Waals surface area contributed by atoms with Gasteiger partial charge in [0, 0.05) is 23.4 Å². The molecule has 0 N–H and O–H groups in total. The first-order chi connectivity index (χ1) is 12.0. The number of thiazole rings is 1. The minimum atomic E-state index is -3.26. The van der Waals surface area contributed by atoms with E-state index < -0.39 is 10.0 Å². The van der Waals surface area contributed by atoms with Crippen molar-refractivity contribution in [3.8, 4) is 0 Å². The summed E-state index contributed by atoms with van der Waals surface area (Å²) in [6.45, 7) is 2.57. The van der Waals surface area contributed by atoms with Crippen LogP contribution in [0.25, 0.3) is 0 Å². The number of hydrogen-bond acceptors (Lipinski definition) is 6. The fourth-order valence-electron chi connectivity index (χ4n) is 3.06. The Balaban J connectivity index is 1.57. The van der Waals surface area contributed by atoms with Crippen LogP contribution in [0.3, 0.4) is 0 Å². The molecule has 2 aromatic heterocycles. The number of aromatic nitrogens is 3. The minimum absolute atomic E-state index is 0.0621. The highest BCUT2D eigenvalue weighted by molar-refractivity contribution is 7.89. The van der Waals surface area contributed by atoms with Crippen molar-refractivity contribution in [3.05, 3.63) is 44.0 Å². The molecule has 0 unspecified atom stereocenters. The highest BCUT2D eigenvalue weighted by Crippen LogP contribution is 2.41. The van der Waals surface area contributed by atoms with Crippen LogP contribution in [0, 0.1) is 0 Å². The minimum Gasteiger partial charge on any atom is -0.293 e. The Morgan fingerprint density at radius 1 is 1.36 bits per heavy atom.